The van der Waals surface area contributed by atoms with Crippen LogP contribution in [0.25, 0.3) is 0 Å². The lowest BCUT2D eigenvalue weighted by atomic mass is 9.96. The molecular formula is C19H17ClN2O3. The third-order valence-electron chi connectivity index (χ3n) is 4.13. The molecule has 2 aromatic carbocycles. The number of amides is 1. The zero-order valence-corrected chi connectivity index (χ0v) is 14.5. The average molecular weight is 357 g/mol. The summed E-state index contributed by atoms with van der Waals surface area (Å²) < 4.78 is 0. The highest BCUT2D eigenvalue weighted by Crippen LogP contribution is 2.30. The zero-order chi connectivity index (χ0) is 18.0. The van der Waals surface area contributed by atoms with Crippen LogP contribution in [0.4, 0.5) is 5.69 Å². The SMILES string of the molecule is Cc1ccccc1C1=NCC(=O)N(CCC(=O)O)c2ccc(Cl)cc21. The highest BCUT2D eigenvalue weighted by Gasteiger charge is 2.26. The zero-order valence-electron chi connectivity index (χ0n) is 13.7. The summed E-state index contributed by atoms with van der Waals surface area (Å²) in [4.78, 5) is 29.5. The van der Waals surface area contributed by atoms with Gasteiger partial charge in [0.2, 0.25) is 5.91 Å². The van der Waals surface area contributed by atoms with Gasteiger partial charge in [0.25, 0.3) is 0 Å². The maximum Gasteiger partial charge on any atom is 0.305 e. The van der Waals surface area contributed by atoms with Gasteiger partial charge in [0.15, 0.2) is 0 Å². The highest BCUT2D eigenvalue weighted by molar-refractivity contribution is 6.32. The number of rotatable bonds is 4. The molecule has 0 fully saturated rings. The molecular weight excluding hydrogens is 340 g/mol. The number of carbonyl (C=O) groups is 2. The molecule has 1 aliphatic heterocycles. The monoisotopic (exact) mass is 356 g/mol. The number of aryl methyl sites for hydroxylation is 1. The number of anilines is 1. The van der Waals surface area contributed by atoms with Crippen LogP contribution in [-0.4, -0.2) is 35.8 Å². The van der Waals surface area contributed by atoms with Gasteiger partial charge in [-0.3, -0.25) is 14.6 Å². The van der Waals surface area contributed by atoms with E-state index in [0.717, 1.165) is 16.7 Å². The molecule has 1 aliphatic rings. The fraction of sp³-hybridized carbons (Fsp3) is 0.211. The van der Waals surface area contributed by atoms with Crippen molar-refractivity contribution in [1.29, 1.82) is 0 Å². The van der Waals surface area contributed by atoms with E-state index < -0.39 is 5.97 Å². The van der Waals surface area contributed by atoms with E-state index >= 15 is 0 Å². The van der Waals surface area contributed by atoms with E-state index in [1.54, 1.807) is 18.2 Å². The summed E-state index contributed by atoms with van der Waals surface area (Å²) >= 11 is 6.18. The minimum atomic E-state index is -0.951. The summed E-state index contributed by atoms with van der Waals surface area (Å²) in [6, 6.07) is 13.0. The van der Waals surface area contributed by atoms with Crippen LogP contribution in [0.1, 0.15) is 23.1 Å². The predicted octanol–water partition coefficient (Wildman–Crippen LogP) is 3.31. The van der Waals surface area contributed by atoms with Crippen LogP contribution >= 0.6 is 11.6 Å². The van der Waals surface area contributed by atoms with Crippen molar-refractivity contribution in [2.45, 2.75) is 13.3 Å². The smallest absolute Gasteiger partial charge is 0.305 e. The number of carboxylic acid groups (broad SMARTS) is 1. The van der Waals surface area contributed by atoms with Crippen molar-refractivity contribution in [1.82, 2.24) is 0 Å². The third kappa shape index (κ3) is 3.56. The van der Waals surface area contributed by atoms with Gasteiger partial charge in [-0.15, -0.1) is 0 Å². The fourth-order valence-electron chi connectivity index (χ4n) is 2.91. The third-order valence-corrected chi connectivity index (χ3v) is 4.36. The van der Waals surface area contributed by atoms with Crippen LogP contribution in [0.5, 0.6) is 0 Å². The Balaban J connectivity index is 2.14. The number of halogens is 1. The Morgan fingerprint density at radius 1 is 1.24 bits per heavy atom. The first-order chi connectivity index (χ1) is 12.0. The van der Waals surface area contributed by atoms with Crippen LogP contribution in [0, 0.1) is 6.92 Å². The Hall–Kier alpha value is -2.66. The normalized spacial score (nSPS) is 13.9. The minimum absolute atomic E-state index is 0.0322. The topological polar surface area (TPSA) is 70.0 Å². The van der Waals surface area contributed by atoms with Gasteiger partial charge in [0, 0.05) is 22.7 Å². The molecule has 6 heteroatoms. The Morgan fingerprint density at radius 2 is 2.00 bits per heavy atom. The van der Waals surface area contributed by atoms with Crippen molar-refractivity contribution in [3.05, 3.63) is 64.2 Å². The summed E-state index contributed by atoms with van der Waals surface area (Å²) in [5.74, 6) is -1.18. The molecule has 0 spiro atoms. The molecule has 0 saturated heterocycles. The number of hydrogen-bond donors (Lipinski definition) is 1. The number of carboxylic acids is 1. The number of benzene rings is 2. The van der Waals surface area contributed by atoms with Crippen molar-refractivity contribution in [3.63, 3.8) is 0 Å². The molecule has 0 atom stereocenters. The van der Waals surface area contributed by atoms with Gasteiger partial charge in [-0.25, -0.2) is 0 Å². The summed E-state index contributed by atoms with van der Waals surface area (Å²) in [6.45, 7) is 2.05. The molecule has 0 radical (unpaired) electrons. The first-order valence-electron chi connectivity index (χ1n) is 7.90. The van der Waals surface area contributed by atoms with Crippen LogP contribution in [-0.2, 0) is 9.59 Å². The van der Waals surface area contributed by atoms with Gasteiger partial charge in [-0.05, 0) is 30.7 Å². The summed E-state index contributed by atoms with van der Waals surface area (Å²) in [7, 11) is 0. The second-order valence-electron chi connectivity index (χ2n) is 5.83. The first-order valence-corrected chi connectivity index (χ1v) is 8.27. The molecule has 0 aromatic heterocycles. The van der Waals surface area contributed by atoms with Crippen LogP contribution in [0.15, 0.2) is 47.5 Å². The number of benzodiazepines with no additional fused rings is 1. The van der Waals surface area contributed by atoms with Gasteiger partial charge in [0.1, 0.15) is 6.54 Å². The summed E-state index contributed by atoms with van der Waals surface area (Å²) in [5, 5.41) is 9.51. The van der Waals surface area contributed by atoms with Crippen molar-refractivity contribution in [3.8, 4) is 0 Å². The van der Waals surface area contributed by atoms with Gasteiger partial charge in [-0.1, -0.05) is 35.9 Å². The number of carbonyl (C=O) groups excluding carboxylic acids is 1. The highest BCUT2D eigenvalue weighted by atomic mass is 35.5. The van der Waals surface area contributed by atoms with Gasteiger partial charge in [0.05, 0.1) is 17.8 Å². The number of aliphatic carboxylic acids is 1. The van der Waals surface area contributed by atoms with Crippen LogP contribution in [0.3, 0.4) is 0 Å². The molecule has 0 bridgehead atoms. The molecule has 2 aromatic rings. The average Bonchev–Trinajstić information content (AvgIpc) is 2.70. The molecule has 1 heterocycles. The lowest BCUT2D eigenvalue weighted by Gasteiger charge is -2.22. The Labute approximate surface area is 150 Å². The Morgan fingerprint density at radius 3 is 2.72 bits per heavy atom. The fourth-order valence-corrected chi connectivity index (χ4v) is 3.08. The molecule has 0 saturated carbocycles. The molecule has 0 aliphatic carbocycles. The lowest BCUT2D eigenvalue weighted by molar-refractivity contribution is -0.136. The standard InChI is InChI=1S/C19H17ClN2O3/c1-12-4-2-3-5-14(12)19-15-10-13(20)6-7-16(15)22(9-8-18(24)25)17(23)11-21-19/h2-7,10H,8-9,11H2,1H3,(H,24,25). The maximum atomic E-state index is 12.5. The quantitative estimate of drug-likeness (QED) is 0.913. The predicted molar refractivity (Wildman–Crippen MR) is 97.7 cm³/mol. The molecule has 25 heavy (non-hydrogen) atoms. The van der Waals surface area contributed by atoms with Crippen molar-refractivity contribution in [2.75, 3.05) is 18.0 Å². The summed E-state index contributed by atoms with van der Waals surface area (Å²) in [6.07, 6.45) is -0.131. The van der Waals surface area contributed by atoms with Crippen LogP contribution < -0.4 is 4.90 Å². The van der Waals surface area contributed by atoms with Gasteiger partial charge in [-0.2, -0.15) is 0 Å². The summed E-state index contributed by atoms with van der Waals surface area (Å²) in [5.41, 5.74) is 4.03. The maximum absolute atomic E-state index is 12.5. The Bertz CT molecular complexity index is 877. The molecule has 3 rings (SSSR count). The molecule has 128 valence electrons. The van der Waals surface area contributed by atoms with E-state index in [2.05, 4.69) is 4.99 Å². The van der Waals surface area contributed by atoms with Crippen molar-refractivity contribution < 1.29 is 14.7 Å². The lowest BCUT2D eigenvalue weighted by Crippen LogP contribution is -2.34. The van der Waals surface area contributed by atoms with Crippen LogP contribution in [0.2, 0.25) is 5.02 Å². The van der Waals surface area contributed by atoms with Gasteiger partial charge < -0.3 is 10.0 Å². The largest absolute Gasteiger partial charge is 0.481 e. The van der Waals surface area contributed by atoms with E-state index in [1.807, 2.05) is 31.2 Å². The molecule has 1 amide bonds. The minimum Gasteiger partial charge on any atom is -0.481 e. The number of fused-ring (bicyclic) bond motifs is 1. The van der Waals surface area contributed by atoms with Crippen molar-refractivity contribution in [2.24, 2.45) is 4.99 Å². The number of aliphatic imine (C=N–C) groups is 1. The molecule has 0 unspecified atom stereocenters. The van der Waals surface area contributed by atoms with E-state index in [0.29, 0.717) is 16.4 Å². The van der Waals surface area contributed by atoms with E-state index in [4.69, 9.17) is 16.7 Å². The van der Waals surface area contributed by atoms with E-state index in [-0.39, 0.29) is 25.4 Å². The number of hydrogen-bond acceptors (Lipinski definition) is 3. The number of nitrogens with zero attached hydrogens (tertiary/aromatic N) is 2. The molecule has 1 N–H and O–H groups in total. The van der Waals surface area contributed by atoms with Gasteiger partial charge >= 0.3 is 5.97 Å². The van der Waals surface area contributed by atoms with Crippen molar-refractivity contribution >= 4 is 34.9 Å². The second kappa shape index (κ2) is 7.07. The van der Waals surface area contributed by atoms with E-state index in [1.165, 1.54) is 4.90 Å². The second-order valence-corrected chi connectivity index (χ2v) is 6.27. The van der Waals surface area contributed by atoms with E-state index in [9.17, 15) is 9.59 Å². The first kappa shape index (κ1) is 17.2. The molecule has 5 nitrogen and oxygen atoms in total. The Kier molecular flexibility index (Phi) is 4.86.